The van der Waals surface area contributed by atoms with E-state index in [1.807, 2.05) is 25.2 Å². The molecule has 100 valence electrons. The van der Waals surface area contributed by atoms with Gasteiger partial charge in [-0.1, -0.05) is 0 Å². The fraction of sp³-hybridized carbons (Fsp3) is 0.385. The molecule has 1 aromatic carbocycles. The van der Waals surface area contributed by atoms with Gasteiger partial charge in [0.1, 0.15) is 18.1 Å². The van der Waals surface area contributed by atoms with Crippen molar-refractivity contribution in [2.45, 2.75) is 19.6 Å². The molecule has 0 radical (unpaired) electrons. The standard InChI is InChI=1S/C13H15N3O3/c1-8-15-16-13(19-8)7-17-9-3-4-10-11(14-2)6-18-12(10)5-9/h3-5,11,14H,6-7H2,1-2H3. The second kappa shape index (κ2) is 4.89. The number of benzene rings is 1. The first kappa shape index (κ1) is 12.0. The first-order chi connectivity index (χ1) is 9.26. The number of fused-ring (bicyclic) bond motifs is 1. The second-order valence-electron chi connectivity index (χ2n) is 4.36. The Hall–Kier alpha value is -2.08. The largest absolute Gasteiger partial charge is 0.491 e. The van der Waals surface area contributed by atoms with Gasteiger partial charge in [0.05, 0.1) is 6.04 Å². The molecule has 0 saturated carbocycles. The maximum atomic E-state index is 5.60. The van der Waals surface area contributed by atoms with Crippen LogP contribution in [0.4, 0.5) is 0 Å². The summed E-state index contributed by atoms with van der Waals surface area (Å²) >= 11 is 0. The highest BCUT2D eigenvalue weighted by atomic mass is 16.5. The number of aromatic nitrogens is 2. The molecular formula is C13H15N3O3. The van der Waals surface area contributed by atoms with Crippen LogP contribution in [-0.4, -0.2) is 23.9 Å². The van der Waals surface area contributed by atoms with Crippen LogP contribution in [0.5, 0.6) is 11.5 Å². The Kier molecular flexibility index (Phi) is 3.08. The molecule has 19 heavy (non-hydrogen) atoms. The van der Waals surface area contributed by atoms with Crippen LogP contribution in [0, 0.1) is 6.92 Å². The molecular weight excluding hydrogens is 246 g/mol. The lowest BCUT2D eigenvalue weighted by Gasteiger charge is -2.07. The predicted molar refractivity (Wildman–Crippen MR) is 67.1 cm³/mol. The first-order valence-corrected chi connectivity index (χ1v) is 6.12. The lowest BCUT2D eigenvalue weighted by Crippen LogP contribution is -2.17. The highest BCUT2D eigenvalue weighted by Gasteiger charge is 2.22. The zero-order valence-corrected chi connectivity index (χ0v) is 10.8. The Bertz CT molecular complexity index is 582. The third kappa shape index (κ3) is 2.39. The van der Waals surface area contributed by atoms with E-state index < -0.39 is 0 Å². The monoisotopic (exact) mass is 261 g/mol. The lowest BCUT2D eigenvalue weighted by molar-refractivity contribution is 0.258. The molecule has 0 amide bonds. The summed E-state index contributed by atoms with van der Waals surface area (Å²) in [4.78, 5) is 0. The van der Waals surface area contributed by atoms with E-state index in [-0.39, 0.29) is 12.6 Å². The average Bonchev–Trinajstić information content (AvgIpc) is 3.01. The lowest BCUT2D eigenvalue weighted by atomic mass is 10.1. The number of hydrogen-bond donors (Lipinski definition) is 1. The van der Waals surface area contributed by atoms with Gasteiger partial charge in [-0.2, -0.15) is 0 Å². The molecule has 3 rings (SSSR count). The molecule has 0 fully saturated rings. The van der Waals surface area contributed by atoms with Crippen LogP contribution in [0.1, 0.15) is 23.4 Å². The molecule has 1 aromatic heterocycles. The number of nitrogens with one attached hydrogen (secondary N) is 1. The summed E-state index contributed by atoms with van der Waals surface area (Å²) in [5.41, 5.74) is 1.16. The molecule has 1 aliphatic heterocycles. The van der Waals surface area contributed by atoms with Crippen molar-refractivity contribution in [3.63, 3.8) is 0 Å². The highest BCUT2D eigenvalue weighted by molar-refractivity contribution is 5.44. The van der Waals surface area contributed by atoms with Crippen LogP contribution in [0.15, 0.2) is 22.6 Å². The van der Waals surface area contributed by atoms with E-state index in [1.165, 1.54) is 0 Å². The number of hydrogen-bond acceptors (Lipinski definition) is 6. The van der Waals surface area contributed by atoms with Crippen LogP contribution in [0.3, 0.4) is 0 Å². The molecule has 1 atom stereocenters. The van der Waals surface area contributed by atoms with Crippen molar-refractivity contribution in [2.24, 2.45) is 0 Å². The van der Waals surface area contributed by atoms with E-state index in [2.05, 4.69) is 15.5 Å². The van der Waals surface area contributed by atoms with Gasteiger partial charge < -0.3 is 19.2 Å². The average molecular weight is 261 g/mol. The molecule has 6 nitrogen and oxygen atoms in total. The van der Waals surface area contributed by atoms with Crippen molar-refractivity contribution >= 4 is 0 Å². The molecule has 0 bridgehead atoms. The van der Waals surface area contributed by atoms with Crippen molar-refractivity contribution in [3.8, 4) is 11.5 Å². The maximum absolute atomic E-state index is 5.60. The Morgan fingerprint density at radius 2 is 2.32 bits per heavy atom. The maximum Gasteiger partial charge on any atom is 0.253 e. The van der Waals surface area contributed by atoms with Crippen LogP contribution >= 0.6 is 0 Å². The van der Waals surface area contributed by atoms with Crippen LogP contribution in [0.25, 0.3) is 0 Å². The zero-order valence-electron chi connectivity index (χ0n) is 10.8. The summed E-state index contributed by atoms with van der Waals surface area (Å²) in [6, 6.07) is 6.07. The Morgan fingerprint density at radius 1 is 1.42 bits per heavy atom. The molecule has 1 unspecified atom stereocenters. The van der Waals surface area contributed by atoms with E-state index in [1.54, 1.807) is 6.92 Å². The molecule has 1 aliphatic rings. The third-order valence-electron chi connectivity index (χ3n) is 3.04. The van der Waals surface area contributed by atoms with Crippen molar-refractivity contribution in [2.75, 3.05) is 13.7 Å². The molecule has 0 spiro atoms. The summed E-state index contributed by atoms with van der Waals surface area (Å²) in [7, 11) is 1.92. The van der Waals surface area contributed by atoms with Gasteiger partial charge >= 0.3 is 0 Å². The Labute approximate surface area is 110 Å². The van der Waals surface area contributed by atoms with Gasteiger partial charge in [-0.3, -0.25) is 0 Å². The van der Waals surface area contributed by atoms with Crippen molar-refractivity contribution in [1.29, 1.82) is 0 Å². The van der Waals surface area contributed by atoms with Crippen molar-refractivity contribution < 1.29 is 13.9 Å². The topological polar surface area (TPSA) is 69.4 Å². The van der Waals surface area contributed by atoms with Gasteiger partial charge in [0.2, 0.25) is 5.89 Å². The van der Waals surface area contributed by atoms with Crippen molar-refractivity contribution in [3.05, 3.63) is 35.5 Å². The van der Waals surface area contributed by atoms with E-state index in [0.29, 0.717) is 18.4 Å². The SMILES string of the molecule is CNC1COc2cc(OCc3nnc(C)o3)ccc21. The molecule has 1 N–H and O–H groups in total. The van der Waals surface area contributed by atoms with Gasteiger partial charge in [-0.05, 0) is 19.2 Å². The number of likely N-dealkylation sites (N-methyl/N-ethyl adjacent to an activating group) is 1. The second-order valence-corrected chi connectivity index (χ2v) is 4.36. The molecule has 2 aromatic rings. The van der Waals surface area contributed by atoms with Gasteiger partial charge in [-0.25, -0.2) is 0 Å². The Balaban J connectivity index is 1.69. The molecule has 2 heterocycles. The molecule has 0 aliphatic carbocycles. The summed E-state index contributed by atoms with van der Waals surface area (Å²) in [5, 5.41) is 10.8. The van der Waals surface area contributed by atoms with E-state index in [9.17, 15) is 0 Å². The third-order valence-corrected chi connectivity index (χ3v) is 3.04. The fourth-order valence-corrected chi connectivity index (χ4v) is 2.06. The highest BCUT2D eigenvalue weighted by Crippen LogP contribution is 2.35. The number of ether oxygens (including phenoxy) is 2. The minimum absolute atomic E-state index is 0.252. The summed E-state index contributed by atoms with van der Waals surface area (Å²) < 4.78 is 16.5. The van der Waals surface area contributed by atoms with Gasteiger partial charge in [0.25, 0.3) is 5.89 Å². The summed E-state index contributed by atoms with van der Waals surface area (Å²) in [5.74, 6) is 2.59. The van der Waals surface area contributed by atoms with Crippen LogP contribution in [0.2, 0.25) is 0 Å². The summed E-state index contributed by atoms with van der Waals surface area (Å²) in [6.07, 6.45) is 0. The van der Waals surface area contributed by atoms with Gasteiger partial charge in [0, 0.05) is 18.6 Å². The summed E-state index contributed by atoms with van der Waals surface area (Å²) in [6.45, 7) is 2.66. The van der Waals surface area contributed by atoms with Crippen LogP contribution < -0.4 is 14.8 Å². The number of rotatable bonds is 4. The van der Waals surface area contributed by atoms with Gasteiger partial charge in [0.15, 0.2) is 6.61 Å². The minimum Gasteiger partial charge on any atom is -0.491 e. The van der Waals surface area contributed by atoms with Crippen molar-refractivity contribution in [1.82, 2.24) is 15.5 Å². The van der Waals surface area contributed by atoms with E-state index >= 15 is 0 Å². The molecule has 0 saturated heterocycles. The predicted octanol–water partition coefficient (Wildman–Crippen LogP) is 1.61. The first-order valence-electron chi connectivity index (χ1n) is 6.12. The van der Waals surface area contributed by atoms with Crippen LogP contribution in [-0.2, 0) is 6.61 Å². The number of aryl methyl sites for hydroxylation is 1. The zero-order chi connectivity index (χ0) is 13.2. The minimum atomic E-state index is 0.252. The van der Waals surface area contributed by atoms with E-state index in [0.717, 1.165) is 17.1 Å². The normalized spacial score (nSPS) is 17.1. The molecule has 6 heteroatoms. The smallest absolute Gasteiger partial charge is 0.253 e. The Morgan fingerprint density at radius 3 is 3.05 bits per heavy atom. The number of nitrogens with zero attached hydrogens (tertiary/aromatic N) is 2. The van der Waals surface area contributed by atoms with E-state index in [4.69, 9.17) is 13.9 Å². The fourth-order valence-electron chi connectivity index (χ4n) is 2.06. The quantitative estimate of drug-likeness (QED) is 0.901. The van der Waals surface area contributed by atoms with Gasteiger partial charge in [-0.15, -0.1) is 10.2 Å².